The predicted molar refractivity (Wildman–Crippen MR) is 109 cm³/mol. The zero-order valence-corrected chi connectivity index (χ0v) is 17.0. The molecule has 0 radical (unpaired) electrons. The maximum absolute atomic E-state index is 10.3. The number of carboxylic acid groups (broad SMARTS) is 1. The molecule has 3 heteroatoms. The zero-order chi connectivity index (χ0) is 18.4. The molecule has 25 heavy (non-hydrogen) atoms. The second kappa shape index (κ2) is 21.3. The summed E-state index contributed by atoms with van der Waals surface area (Å²) in [6, 6.07) is 0. The Labute approximate surface area is 157 Å². The highest BCUT2D eigenvalue weighted by atomic mass is 16.4. The van der Waals surface area contributed by atoms with E-state index in [1.165, 1.54) is 109 Å². The van der Waals surface area contributed by atoms with Crippen molar-refractivity contribution in [2.24, 2.45) is 0 Å². The maximum Gasteiger partial charge on any atom is 0.404 e. The van der Waals surface area contributed by atoms with Gasteiger partial charge in [-0.1, -0.05) is 122 Å². The van der Waals surface area contributed by atoms with Crippen LogP contribution in [0.2, 0.25) is 0 Å². The number of rotatable bonds is 20. The minimum Gasteiger partial charge on any atom is -0.465 e. The lowest BCUT2D eigenvalue weighted by Crippen LogP contribution is -2.21. The van der Waals surface area contributed by atoms with E-state index in [4.69, 9.17) is 5.11 Å². The summed E-state index contributed by atoms with van der Waals surface area (Å²) in [6.45, 7) is 2.89. The number of hydrogen-bond donors (Lipinski definition) is 2. The highest BCUT2D eigenvalue weighted by Crippen LogP contribution is 2.14. The lowest BCUT2D eigenvalue weighted by Gasteiger charge is -2.04. The summed E-state index contributed by atoms with van der Waals surface area (Å²) in [5, 5.41) is 10.9. The Hall–Kier alpha value is -0.730. The predicted octanol–water partition coefficient (Wildman–Crippen LogP) is 7.69. The Morgan fingerprint density at radius 2 is 0.840 bits per heavy atom. The summed E-state index contributed by atoms with van der Waals surface area (Å²) < 4.78 is 0. The quantitative estimate of drug-likeness (QED) is 0.220. The van der Waals surface area contributed by atoms with Crippen molar-refractivity contribution in [1.82, 2.24) is 5.32 Å². The number of unbranched alkanes of at least 4 members (excludes halogenated alkanes) is 18. The minimum absolute atomic E-state index is 0.605. The van der Waals surface area contributed by atoms with Crippen LogP contribution in [0.1, 0.15) is 129 Å². The molecule has 3 nitrogen and oxygen atoms in total. The van der Waals surface area contributed by atoms with Crippen molar-refractivity contribution in [2.75, 3.05) is 6.54 Å². The number of nitrogens with one attached hydrogen (secondary N) is 1. The first kappa shape index (κ1) is 24.3. The third-order valence-electron chi connectivity index (χ3n) is 5.06. The molecule has 0 aromatic carbocycles. The number of carbonyl (C=O) groups is 1. The molecule has 1 amide bonds. The van der Waals surface area contributed by atoms with Gasteiger partial charge >= 0.3 is 6.09 Å². The van der Waals surface area contributed by atoms with E-state index in [1.54, 1.807) is 0 Å². The molecule has 150 valence electrons. The van der Waals surface area contributed by atoms with Crippen LogP contribution in [-0.4, -0.2) is 17.7 Å². The smallest absolute Gasteiger partial charge is 0.404 e. The molecule has 0 fully saturated rings. The molecule has 2 N–H and O–H groups in total. The summed E-state index contributed by atoms with van der Waals surface area (Å²) in [7, 11) is 0. The van der Waals surface area contributed by atoms with Gasteiger partial charge in [-0.2, -0.15) is 0 Å². The Kier molecular flexibility index (Phi) is 20.7. The van der Waals surface area contributed by atoms with Crippen LogP contribution in [0.4, 0.5) is 4.79 Å². The highest BCUT2D eigenvalue weighted by molar-refractivity contribution is 5.64. The Balaban J connectivity index is 2.97. The van der Waals surface area contributed by atoms with Crippen LogP contribution < -0.4 is 5.32 Å². The first-order valence-electron chi connectivity index (χ1n) is 11.2. The molecule has 0 aliphatic carbocycles. The summed E-state index contributed by atoms with van der Waals surface area (Å²) in [5.41, 5.74) is 0. The normalized spacial score (nSPS) is 10.9. The molecule has 0 aromatic rings. The second-order valence-electron chi connectivity index (χ2n) is 7.60. The first-order valence-corrected chi connectivity index (χ1v) is 11.2. The van der Waals surface area contributed by atoms with Gasteiger partial charge in [-0.3, -0.25) is 0 Å². The molecule has 0 aliphatic heterocycles. The van der Waals surface area contributed by atoms with E-state index in [0.717, 1.165) is 12.8 Å². The van der Waals surface area contributed by atoms with Crippen molar-refractivity contribution in [3.05, 3.63) is 0 Å². The van der Waals surface area contributed by atoms with Crippen molar-refractivity contribution < 1.29 is 9.90 Å². The molecule has 0 rings (SSSR count). The average Bonchev–Trinajstić information content (AvgIpc) is 2.60. The summed E-state index contributed by atoms with van der Waals surface area (Å²) >= 11 is 0. The van der Waals surface area contributed by atoms with Crippen molar-refractivity contribution >= 4 is 6.09 Å². The Morgan fingerprint density at radius 1 is 0.560 bits per heavy atom. The topological polar surface area (TPSA) is 49.3 Å². The molecule has 0 saturated heterocycles. The maximum atomic E-state index is 10.3. The average molecular weight is 356 g/mol. The SMILES string of the molecule is CCCCCCCCCCCCCCCCCCCCCNC(=O)O. The van der Waals surface area contributed by atoms with E-state index in [0.29, 0.717) is 6.54 Å². The van der Waals surface area contributed by atoms with E-state index in [-0.39, 0.29) is 0 Å². The van der Waals surface area contributed by atoms with E-state index in [2.05, 4.69) is 12.2 Å². The zero-order valence-electron chi connectivity index (χ0n) is 17.0. The summed E-state index contributed by atoms with van der Waals surface area (Å²) in [5.74, 6) is 0. The summed E-state index contributed by atoms with van der Waals surface area (Å²) in [4.78, 5) is 10.3. The standard InChI is InChI=1S/C22H45NO2/c1-2-3-4-5-6-7-8-9-10-11-12-13-14-15-16-17-18-19-20-21-23-22(24)25/h23H,2-21H2,1H3,(H,24,25). The van der Waals surface area contributed by atoms with Crippen molar-refractivity contribution in [1.29, 1.82) is 0 Å². The van der Waals surface area contributed by atoms with Crippen molar-refractivity contribution in [3.63, 3.8) is 0 Å². The second-order valence-corrected chi connectivity index (χ2v) is 7.60. The lowest BCUT2D eigenvalue weighted by molar-refractivity contribution is 0.194. The third kappa shape index (κ3) is 23.3. The molecule has 0 bridgehead atoms. The largest absolute Gasteiger partial charge is 0.465 e. The van der Waals surface area contributed by atoms with Crippen LogP contribution in [-0.2, 0) is 0 Å². The van der Waals surface area contributed by atoms with Gasteiger partial charge in [-0.05, 0) is 6.42 Å². The fraction of sp³-hybridized carbons (Fsp3) is 0.955. The van der Waals surface area contributed by atoms with Crippen LogP contribution in [0.25, 0.3) is 0 Å². The first-order chi connectivity index (χ1) is 12.3. The van der Waals surface area contributed by atoms with Crippen LogP contribution in [0.15, 0.2) is 0 Å². The van der Waals surface area contributed by atoms with Crippen LogP contribution in [0.3, 0.4) is 0 Å². The molecule has 0 aromatic heterocycles. The van der Waals surface area contributed by atoms with Gasteiger partial charge in [0.15, 0.2) is 0 Å². The summed E-state index contributed by atoms with van der Waals surface area (Å²) in [6.07, 6.45) is 25.1. The van der Waals surface area contributed by atoms with Gasteiger partial charge < -0.3 is 10.4 Å². The van der Waals surface area contributed by atoms with Crippen LogP contribution in [0.5, 0.6) is 0 Å². The van der Waals surface area contributed by atoms with Gasteiger partial charge in [0.2, 0.25) is 0 Å². The van der Waals surface area contributed by atoms with E-state index < -0.39 is 6.09 Å². The van der Waals surface area contributed by atoms with Crippen LogP contribution >= 0.6 is 0 Å². The van der Waals surface area contributed by atoms with Gasteiger partial charge in [0, 0.05) is 6.54 Å². The lowest BCUT2D eigenvalue weighted by atomic mass is 10.0. The van der Waals surface area contributed by atoms with Crippen molar-refractivity contribution in [3.8, 4) is 0 Å². The molecule has 0 saturated carbocycles. The molecule has 0 aliphatic rings. The van der Waals surface area contributed by atoms with E-state index >= 15 is 0 Å². The molecule has 0 unspecified atom stereocenters. The molecule has 0 atom stereocenters. The highest BCUT2D eigenvalue weighted by Gasteiger charge is 1.96. The fourth-order valence-electron chi connectivity index (χ4n) is 3.40. The fourth-order valence-corrected chi connectivity index (χ4v) is 3.40. The van der Waals surface area contributed by atoms with E-state index in [9.17, 15) is 4.79 Å². The van der Waals surface area contributed by atoms with Gasteiger partial charge in [0.25, 0.3) is 0 Å². The number of hydrogen-bond acceptors (Lipinski definition) is 1. The van der Waals surface area contributed by atoms with Gasteiger partial charge in [0.05, 0.1) is 0 Å². The minimum atomic E-state index is -0.901. The Bertz CT molecular complexity index is 269. The van der Waals surface area contributed by atoms with E-state index in [1.807, 2.05) is 0 Å². The number of amides is 1. The van der Waals surface area contributed by atoms with Gasteiger partial charge in [0.1, 0.15) is 0 Å². The van der Waals surface area contributed by atoms with Crippen molar-refractivity contribution in [2.45, 2.75) is 129 Å². The third-order valence-corrected chi connectivity index (χ3v) is 5.06. The van der Waals surface area contributed by atoms with Gasteiger partial charge in [-0.15, -0.1) is 0 Å². The molecule has 0 heterocycles. The monoisotopic (exact) mass is 355 g/mol. The Morgan fingerprint density at radius 3 is 1.12 bits per heavy atom. The van der Waals surface area contributed by atoms with Crippen LogP contribution in [0, 0.1) is 0 Å². The molecule has 0 spiro atoms. The van der Waals surface area contributed by atoms with Gasteiger partial charge in [-0.25, -0.2) is 4.79 Å². The molecular formula is C22H45NO2. The molecular weight excluding hydrogens is 310 g/mol.